The lowest BCUT2D eigenvalue weighted by Gasteiger charge is -2.07. The van der Waals surface area contributed by atoms with Crippen molar-refractivity contribution in [1.82, 2.24) is 5.16 Å². The largest absolute Gasteiger partial charge is 0.397 e. The molecule has 1 aromatic heterocycles. The fraction of sp³-hybridized carbons (Fsp3) is 0.0909. The van der Waals surface area contributed by atoms with E-state index in [1.54, 1.807) is 6.92 Å². The van der Waals surface area contributed by atoms with Gasteiger partial charge in [0.2, 0.25) is 5.76 Å². The summed E-state index contributed by atoms with van der Waals surface area (Å²) >= 11 is 0. The van der Waals surface area contributed by atoms with Crippen molar-refractivity contribution >= 4 is 17.3 Å². The van der Waals surface area contributed by atoms with E-state index in [1.807, 2.05) is 0 Å². The van der Waals surface area contributed by atoms with Crippen molar-refractivity contribution in [2.24, 2.45) is 0 Å². The van der Waals surface area contributed by atoms with Crippen molar-refractivity contribution in [3.63, 3.8) is 0 Å². The summed E-state index contributed by atoms with van der Waals surface area (Å²) < 4.78 is 30.9. The van der Waals surface area contributed by atoms with Gasteiger partial charge in [-0.05, 0) is 13.0 Å². The van der Waals surface area contributed by atoms with Crippen LogP contribution in [0.1, 0.15) is 16.2 Å². The van der Waals surface area contributed by atoms with Gasteiger partial charge in [0.1, 0.15) is 11.5 Å². The van der Waals surface area contributed by atoms with Crippen LogP contribution in [0.3, 0.4) is 0 Å². The predicted octanol–water partition coefficient (Wildman–Crippen LogP) is 2.10. The van der Waals surface area contributed by atoms with Gasteiger partial charge in [-0.1, -0.05) is 5.16 Å². The Hall–Kier alpha value is -2.44. The molecule has 0 saturated carbocycles. The summed E-state index contributed by atoms with van der Waals surface area (Å²) in [6, 6.07) is 2.91. The SMILES string of the molecule is Cc1cc(C(=O)Nc2c(N)cc(F)cc2F)on1. The van der Waals surface area contributed by atoms with Crippen LogP contribution in [0.15, 0.2) is 22.7 Å². The highest BCUT2D eigenvalue weighted by Gasteiger charge is 2.16. The first-order valence-corrected chi connectivity index (χ1v) is 4.96. The fourth-order valence-corrected chi connectivity index (χ4v) is 1.37. The van der Waals surface area contributed by atoms with E-state index in [1.165, 1.54) is 6.07 Å². The van der Waals surface area contributed by atoms with Crippen LogP contribution in [0.2, 0.25) is 0 Å². The lowest BCUT2D eigenvalue weighted by Crippen LogP contribution is -2.14. The Morgan fingerprint density at radius 2 is 2.11 bits per heavy atom. The van der Waals surface area contributed by atoms with Crippen LogP contribution in [0, 0.1) is 18.6 Å². The molecular weight excluding hydrogens is 244 g/mol. The molecular formula is C11H9F2N3O2. The lowest BCUT2D eigenvalue weighted by molar-refractivity contribution is 0.0987. The molecule has 3 N–H and O–H groups in total. The molecule has 5 nitrogen and oxygen atoms in total. The van der Waals surface area contributed by atoms with Crippen molar-refractivity contribution in [2.45, 2.75) is 6.92 Å². The Morgan fingerprint density at radius 1 is 1.39 bits per heavy atom. The third-order valence-corrected chi connectivity index (χ3v) is 2.18. The summed E-state index contributed by atoms with van der Waals surface area (Å²) in [5.74, 6) is -2.58. The standard InChI is InChI=1S/C11H9F2N3O2/c1-5-2-9(18-16-5)11(17)15-10-7(13)3-6(12)4-8(10)14/h2-4H,14H2,1H3,(H,15,17). The van der Waals surface area contributed by atoms with Crippen LogP contribution in [0.25, 0.3) is 0 Å². The summed E-state index contributed by atoms with van der Waals surface area (Å²) in [7, 11) is 0. The number of nitrogens with zero attached hydrogens (tertiary/aromatic N) is 1. The van der Waals surface area contributed by atoms with Crippen molar-refractivity contribution in [2.75, 3.05) is 11.1 Å². The van der Waals surface area contributed by atoms with Gasteiger partial charge in [0.05, 0.1) is 11.4 Å². The highest BCUT2D eigenvalue weighted by molar-refractivity contribution is 6.03. The van der Waals surface area contributed by atoms with Gasteiger partial charge in [-0.15, -0.1) is 0 Å². The maximum Gasteiger partial charge on any atom is 0.294 e. The minimum atomic E-state index is -0.961. The highest BCUT2D eigenvalue weighted by Crippen LogP contribution is 2.24. The predicted molar refractivity (Wildman–Crippen MR) is 60.0 cm³/mol. The molecule has 0 spiro atoms. The molecule has 2 rings (SSSR count). The van der Waals surface area contributed by atoms with Gasteiger partial charge in [0.25, 0.3) is 5.91 Å². The van der Waals surface area contributed by atoms with Gasteiger partial charge in [0, 0.05) is 12.1 Å². The second-order valence-electron chi connectivity index (χ2n) is 3.64. The number of carbonyl (C=O) groups is 1. The number of nitrogen functional groups attached to an aromatic ring is 1. The first kappa shape index (κ1) is 12.0. The smallest absolute Gasteiger partial charge is 0.294 e. The minimum Gasteiger partial charge on any atom is -0.397 e. The molecule has 18 heavy (non-hydrogen) atoms. The van der Waals surface area contributed by atoms with E-state index >= 15 is 0 Å². The van der Waals surface area contributed by atoms with Crippen LogP contribution in [0.4, 0.5) is 20.2 Å². The second-order valence-corrected chi connectivity index (χ2v) is 3.64. The van der Waals surface area contributed by atoms with E-state index in [-0.39, 0.29) is 17.1 Å². The van der Waals surface area contributed by atoms with Crippen LogP contribution in [-0.2, 0) is 0 Å². The highest BCUT2D eigenvalue weighted by atomic mass is 19.1. The molecule has 2 aromatic rings. The Bertz CT molecular complexity index is 587. The molecule has 0 saturated heterocycles. The maximum atomic E-state index is 13.4. The third-order valence-electron chi connectivity index (χ3n) is 2.18. The van der Waals surface area contributed by atoms with Crippen LogP contribution >= 0.6 is 0 Å². The van der Waals surface area contributed by atoms with E-state index in [0.717, 1.165) is 6.07 Å². The molecule has 0 bridgehead atoms. The third kappa shape index (κ3) is 2.29. The number of hydrogen-bond acceptors (Lipinski definition) is 4. The molecule has 94 valence electrons. The van der Waals surface area contributed by atoms with E-state index in [0.29, 0.717) is 11.8 Å². The van der Waals surface area contributed by atoms with E-state index in [2.05, 4.69) is 10.5 Å². The van der Waals surface area contributed by atoms with Gasteiger partial charge >= 0.3 is 0 Å². The fourth-order valence-electron chi connectivity index (χ4n) is 1.37. The number of halogens is 2. The van der Waals surface area contributed by atoms with Crippen molar-refractivity contribution in [3.05, 3.63) is 41.3 Å². The topological polar surface area (TPSA) is 81.2 Å². The molecule has 7 heteroatoms. The number of nitrogens with one attached hydrogen (secondary N) is 1. The van der Waals surface area contributed by atoms with Gasteiger partial charge in [-0.3, -0.25) is 4.79 Å². The summed E-state index contributed by atoms with van der Waals surface area (Å²) in [5, 5.41) is 5.71. The van der Waals surface area contributed by atoms with Crippen LogP contribution in [-0.4, -0.2) is 11.1 Å². The molecule has 0 atom stereocenters. The Kier molecular flexibility index (Phi) is 2.97. The Labute approximate surface area is 101 Å². The summed E-state index contributed by atoms with van der Waals surface area (Å²) in [6.07, 6.45) is 0. The van der Waals surface area contributed by atoms with Crippen LogP contribution < -0.4 is 11.1 Å². The average molecular weight is 253 g/mol. The number of nitrogens with two attached hydrogens (primary N) is 1. The van der Waals surface area contributed by atoms with E-state index in [9.17, 15) is 13.6 Å². The van der Waals surface area contributed by atoms with Gasteiger partial charge < -0.3 is 15.6 Å². The molecule has 1 amide bonds. The average Bonchev–Trinajstić information content (AvgIpc) is 2.70. The van der Waals surface area contributed by atoms with E-state index < -0.39 is 17.5 Å². The lowest BCUT2D eigenvalue weighted by atomic mass is 10.2. The first-order chi connectivity index (χ1) is 8.47. The molecule has 0 unspecified atom stereocenters. The molecule has 0 aliphatic heterocycles. The molecule has 1 aromatic carbocycles. The number of amides is 1. The summed E-state index contributed by atoms with van der Waals surface area (Å²) in [4.78, 5) is 11.7. The zero-order valence-corrected chi connectivity index (χ0v) is 9.33. The second kappa shape index (κ2) is 4.44. The number of hydrogen-bond donors (Lipinski definition) is 2. The van der Waals surface area contributed by atoms with Crippen molar-refractivity contribution < 1.29 is 18.1 Å². The first-order valence-electron chi connectivity index (χ1n) is 4.96. The van der Waals surface area contributed by atoms with Crippen molar-refractivity contribution in [1.29, 1.82) is 0 Å². The number of rotatable bonds is 2. The molecule has 0 radical (unpaired) electrons. The zero-order valence-electron chi connectivity index (χ0n) is 9.33. The zero-order chi connectivity index (χ0) is 13.3. The number of anilines is 2. The van der Waals surface area contributed by atoms with Crippen molar-refractivity contribution in [3.8, 4) is 0 Å². The van der Waals surface area contributed by atoms with Crippen LogP contribution in [0.5, 0.6) is 0 Å². The minimum absolute atomic E-state index is 0.0874. The molecule has 0 fully saturated rings. The normalized spacial score (nSPS) is 10.4. The monoisotopic (exact) mass is 253 g/mol. The Morgan fingerprint density at radius 3 is 2.67 bits per heavy atom. The number of carbonyl (C=O) groups excluding carboxylic acids is 1. The molecule has 0 aliphatic carbocycles. The number of aromatic nitrogens is 1. The Balaban J connectivity index is 2.27. The van der Waals surface area contributed by atoms with Gasteiger partial charge in [0.15, 0.2) is 5.82 Å². The number of benzene rings is 1. The van der Waals surface area contributed by atoms with E-state index in [4.69, 9.17) is 10.3 Å². The van der Waals surface area contributed by atoms with Gasteiger partial charge in [-0.25, -0.2) is 8.78 Å². The molecule has 0 aliphatic rings. The van der Waals surface area contributed by atoms with Gasteiger partial charge in [-0.2, -0.15) is 0 Å². The maximum absolute atomic E-state index is 13.4. The molecule has 1 heterocycles. The number of aryl methyl sites for hydroxylation is 1. The quantitative estimate of drug-likeness (QED) is 0.803. The summed E-state index contributed by atoms with van der Waals surface area (Å²) in [6.45, 7) is 1.63. The summed E-state index contributed by atoms with van der Waals surface area (Å²) in [5.41, 5.74) is 5.41.